The Hall–Kier alpha value is -1.39. The van der Waals surface area contributed by atoms with Crippen LogP contribution in [0.4, 0.5) is 0 Å². The summed E-state index contributed by atoms with van der Waals surface area (Å²) in [4.78, 5) is 10.8. The van der Waals surface area contributed by atoms with Crippen LogP contribution in [0.1, 0.15) is 30.1 Å². The van der Waals surface area contributed by atoms with Gasteiger partial charge in [-0.25, -0.2) is 0 Å². The van der Waals surface area contributed by atoms with E-state index in [0.717, 1.165) is 0 Å². The number of aliphatic hydroxyl groups is 2. The first-order chi connectivity index (χ1) is 7.07. The summed E-state index contributed by atoms with van der Waals surface area (Å²) in [7, 11) is 0. The Morgan fingerprint density at radius 3 is 2.33 bits per heavy atom. The third-order valence-corrected chi connectivity index (χ3v) is 2.36. The summed E-state index contributed by atoms with van der Waals surface area (Å²) in [6.45, 7) is 1.13. The van der Waals surface area contributed by atoms with Crippen LogP contribution < -0.4 is 0 Å². The van der Waals surface area contributed by atoms with Gasteiger partial charge in [0.2, 0.25) is 0 Å². The van der Waals surface area contributed by atoms with Crippen LogP contribution in [0.3, 0.4) is 0 Å². The van der Waals surface area contributed by atoms with Gasteiger partial charge in [0.15, 0.2) is 0 Å². The van der Waals surface area contributed by atoms with Crippen molar-refractivity contribution in [2.75, 3.05) is 6.61 Å². The highest BCUT2D eigenvalue weighted by Crippen LogP contribution is 2.25. The SMILES string of the molecule is CC(C(=O)O)c1ccccc1C(O)CO. The van der Waals surface area contributed by atoms with Crippen LogP contribution in [-0.4, -0.2) is 27.9 Å². The van der Waals surface area contributed by atoms with Crippen molar-refractivity contribution in [3.05, 3.63) is 35.4 Å². The molecular formula is C11H14O4. The van der Waals surface area contributed by atoms with Crippen molar-refractivity contribution in [1.82, 2.24) is 0 Å². The maximum absolute atomic E-state index is 10.8. The van der Waals surface area contributed by atoms with Gasteiger partial charge in [-0.3, -0.25) is 4.79 Å². The molecule has 1 aromatic rings. The number of rotatable bonds is 4. The Morgan fingerprint density at radius 1 is 1.33 bits per heavy atom. The predicted molar refractivity (Wildman–Crippen MR) is 54.5 cm³/mol. The van der Waals surface area contributed by atoms with E-state index in [9.17, 15) is 9.90 Å². The first-order valence-corrected chi connectivity index (χ1v) is 4.68. The molecule has 0 bridgehead atoms. The lowest BCUT2D eigenvalue weighted by molar-refractivity contribution is -0.138. The van der Waals surface area contributed by atoms with E-state index < -0.39 is 24.6 Å². The molecule has 0 aliphatic heterocycles. The molecule has 1 rings (SSSR count). The number of carboxylic acids is 1. The molecule has 3 N–H and O–H groups in total. The van der Waals surface area contributed by atoms with Crippen molar-refractivity contribution in [1.29, 1.82) is 0 Å². The fourth-order valence-electron chi connectivity index (χ4n) is 1.44. The smallest absolute Gasteiger partial charge is 0.310 e. The highest BCUT2D eigenvalue weighted by Gasteiger charge is 2.20. The van der Waals surface area contributed by atoms with Crippen molar-refractivity contribution in [3.8, 4) is 0 Å². The number of carboxylic acid groups (broad SMARTS) is 1. The monoisotopic (exact) mass is 210 g/mol. The van der Waals surface area contributed by atoms with Crippen LogP contribution in [0.25, 0.3) is 0 Å². The second-order valence-electron chi connectivity index (χ2n) is 3.39. The summed E-state index contributed by atoms with van der Waals surface area (Å²) in [5, 5.41) is 27.2. The zero-order valence-corrected chi connectivity index (χ0v) is 8.42. The molecule has 0 aliphatic carbocycles. The van der Waals surface area contributed by atoms with Crippen LogP contribution in [0.2, 0.25) is 0 Å². The molecule has 0 radical (unpaired) electrons. The molecule has 0 fully saturated rings. The van der Waals surface area contributed by atoms with Crippen molar-refractivity contribution in [3.63, 3.8) is 0 Å². The molecule has 0 heterocycles. The van der Waals surface area contributed by atoms with E-state index in [-0.39, 0.29) is 0 Å². The first-order valence-electron chi connectivity index (χ1n) is 4.68. The molecule has 2 unspecified atom stereocenters. The maximum atomic E-state index is 10.8. The standard InChI is InChI=1S/C11H14O4/c1-7(11(14)15)8-4-2-3-5-9(8)10(13)6-12/h2-5,7,10,12-13H,6H2,1H3,(H,14,15). The topological polar surface area (TPSA) is 77.8 Å². The summed E-state index contributed by atoms with van der Waals surface area (Å²) in [5.41, 5.74) is 1.00. The number of benzene rings is 1. The minimum atomic E-state index is -1.03. The van der Waals surface area contributed by atoms with Crippen LogP contribution in [0.5, 0.6) is 0 Å². The molecule has 0 saturated carbocycles. The van der Waals surface area contributed by atoms with Gasteiger partial charge in [-0.1, -0.05) is 24.3 Å². The lowest BCUT2D eigenvalue weighted by atomic mass is 9.93. The minimum absolute atomic E-state index is 0.413. The van der Waals surface area contributed by atoms with Crippen LogP contribution >= 0.6 is 0 Å². The summed E-state index contributed by atoms with van der Waals surface area (Å²) in [6.07, 6.45) is -1.03. The highest BCUT2D eigenvalue weighted by atomic mass is 16.4. The Kier molecular flexibility index (Phi) is 3.82. The molecular weight excluding hydrogens is 196 g/mol. The van der Waals surface area contributed by atoms with Crippen LogP contribution in [0.15, 0.2) is 24.3 Å². The molecule has 1 aromatic carbocycles. The fourth-order valence-corrected chi connectivity index (χ4v) is 1.44. The normalized spacial score (nSPS) is 14.6. The number of aliphatic carboxylic acids is 1. The number of aliphatic hydroxyl groups excluding tert-OH is 2. The first kappa shape index (κ1) is 11.7. The predicted octanol–water partition coefficient (Wildman–Crippen LogP) is 0.900. The van der Waals surface area contributed by atoms with E-state index in [2.05, 4.69) is 0 Å². The zero-order chi connectivity index (χ0) is 11.4. The Morgan fingerprint density at radius 2 is 1.87 bits per heavy atom. The molecule has 4 heteroatoms. The van der Waals surface area contributed by atoms with Gasteiger partial charge in [0.05, 0.1) is 12.5 Å². The minimum Gasteiger partial charge on any atom is -0.481 e. The fraction of sp³-hybridized carbons (Fsp3) is 0.364. The largest absolute Gasteiger partial charge is 0.481 e. The lowest BCUT2D eigenvalue weighted by Gasteiger charge is -2.16. The van der Waals surface area contributed by atoms with Gasteiger partial charge < -0.3 is 15.3 Å². The lowest BCUT2D eigenvalue weighted by Crippen LogP contribution is -2.13. The van der Waals surface area contributed by atoms with Gasteiger partial charge in [0.1, 0.15) is 6.10 Å². The van der Waals surface area contributed by atoms with Crippen molar-refractivity contribution >= 4 is 5.97 Å². The van der Waals surface area contributed by atoms with Gasteiger partial charge in [-0.15, -0.1) is 0 Å². The van der Waals surface area contributed by atoms with Gasteiger partial charge in [-0.05, 0) is 18.1 Å². The third kappa shape index (κ3) is 2.55. The summed E-state index contributed by atoms with van der Waals surface area (Å²) < 4.78 is 0. The molecule has 15 heavy (non-hydrogen) atoms. The van der Waals surface area contributed by atoms with Crippen LogP contribution in [0, 0.1) is 0 Å². The molecule has 0 aliphatic rings. The second-order valence-corrected chi connectivity index (χ2v) is 3.39. The molecule has 82 valence electrons. The second kappa shape index (κ2) is 4.91. The van der Waals surface area contributed by atoms with E-state index in [1.807, 2.05) is 0 Å². The van der Waals surface area contributed by atoms with Gasteiger partial charge in [-0.2, -0.15) is 0 Å². The molecule has 0 spiro atoms. The van der Waals surface area contributed by atoms with Crippen molar-refractivity contribution < 1.29 is 20.1 Å². The van der Waals surface area contributed by atoms with E-state index in [1.165, 1.54) is 0 Å². The Labute approximate surface area is 87.8 Å². The molecule has 0 amide bonds. The quantitative estimate of drug-likeness (QED) is 0.690. The number of hydrogen-bond donors (Lipinski definition) is 3. The average molecular weight is 210 g/mol. The molecule has 0 aromatic heterocycles. The van der Waals surface area contributed by atoms with E-state index in [4.69, 9.17) is 10.2 Å². The third-order valence-electron chi connectivity index (χ3n) is 2.36. The Balaban J connectivity index is 3.11. The van der Waals surface area contributed by atoms with E-state index in [1.54, 1.807) is 31.2 Å². The van der Waals surface area contributed by atoms with E-state index >= 15 is 0 Å². The van der Waals surface area contributed by atoms with Gasteiger partial charge in [0, 0.05) is 0 Å². The summed E-state index contributed by atoms with van der Waals surface area (Å²) in [6, 6.07) is 6.68. The number of hydrogen-bond acceptors (Lipinski definition) is 3. The summed E-state index contributed by atoms with van der Waals surface area (Å²) in [5.74, 6) is -1.64. The van der Waals surface area contributed by atoms with Gasteiger partial charge >= 0.3 is 5.97 Å². The van der Waals surface area contributed by atoms with Gasteiger partial charge in [0.25, 0.3) is 0 Å². The summed E-state index contributed by atoms with van der Waals surface area (Å²) >= 11 is 0. The van der Waals surface area contributed by atoms with Crippen molar-refractivity contribution in [2.45, 2.75) is 18.9 Å². The average Bonchev–Trinajstić information content (AvgIpc) is 2.27. The van der Waals surface area contributed by atoms with Crippen molar-refractivity contribution in [2.24, 2.45) is 0 Å². The molecule has 0 saturated heterocycles. The number of carbonyl (C=O) groups is 1. The maximum Gasteiger partial charge on any atom is 0.310 e. The van der Waals surface area contributed by atoms with Crippen LogP contribution in [-0.2, 0) is 4.79 Å². The highest BCUT2D eigenvalue weighted by molar-refractivity contribution is 5.76. The zero-order valence-electron chi connectivity index (χ0n) is 8.42. The van der Waals surface area contributed by atoms with E-state index in [0.29, 0.717) is 11.1 Å². The molecule has 4 nitrogen and oxygen atoms in total. The Bertz CT molecular complexity index is 348. The molecule has 2 atom stereocenters.